The van der Waals surface area contributed by atoms with Crippen LogP contribution in [0, 0.1) is 10.1 Å². The van der Waals surface area contributed by atoms with Gasteiger partial charge in [-0.3, -0.25) is 10.1 Å². The zero-order valence-corrected chi connectivity index (χ0v) is 7.75. The van der Waals surface area contributed by atoms with Crippen molar-refractivity contribution in [2.75, 3.05) is 5.73 Å². The lowest BCUT2D eigenvalue weighted by molar-refractivity contribution is -0.379. The number of phenolic OH excluding ortho intramolecular Hbond substituents is 1. The fourth-order valence-corrected chi connectivity index (χ4v) is 2.24. The molecule has 2 rings (SSSR count). The molecule has 0 radical (unpaired) electrons. The van der Waals surface area contributed by atoms with E-state index in [1.54, 1.807) is 12.1 Å². The summed E-state index contributed by atoms with van der Waals surface area (Å²) in [5, 5.41) is 20.2. The third kappa shape index (κ3) is 1.08. The summed E-state index contributed by atoms with van der Waals surface area (Å²) in [6, 6.07) is 4.76. The summed E-state index contributed by atoms with van der Waals surface area (Å²) in [4.78, 5) is 10.0. The standard InChI is InChI=1S/C8H6N2O3S/c9-7-6-4(11)2-1-3-5(6)14-8(7)10(12)13/h1-3,11H,9H2. The van der Waals surface area contributed by atoms with Crippen molar-refractivity contribution >= 4 is 32.1 Å². The van der Waals surface area contributed by atoms with Gasteiger partial charge in [-0.2, -0.15) is 0 Å². The molecule has 6 heteroatoms. The van der Waals surface area contributed by atoms with E-state index in [0.29, 0.717) is 10.1 Å². The van der Waals surface area contributed by atoms with Crippen LogP contribution in [0.15, 0.2) is 18.2 Å². The molecular formula is C8H6N2O3S. The molecule has 0 fully saturated rings. The SMILES string of the molecule is Nc1c([N+](=O)[O-])sc2cccc(O)c12. The van der Waals surface area contributed by atoms with Gasteiger partial charge in [-0.1, -0.05) is 17.4 Å². The van der Waals surface area contributed by atoms with E-state index in [1.807, 2.05) is 0 Å². The molecule has 0 spiro atoms. The average molecular weight is 210 g/mol. The van der Waals surface area contributed by atoms with Crippen molar-refractivity contribution in [3.63, 3.8) is 0 Å². The topological polar surface area (TPSA) is 89.4 Å². The Morgan fingerprint density at radius 2 is 2.21 bits per heavy atom. The summed E-state index contributed by atoms with van der Waals surface area (Å²) < 4.78 is 0.620. The molecule has 2 aromatic rings. The van der Waals surface area contributed by atoms with Crippen LogP contribution in [0.25, 0.3) is 10.1 Å². The van der Waals surface area contributed by atoms with Gasteiger partial charge in [0.15, 0.2) is 0 Å². The molecule has 0 atom stereocenters. The number of fused-ring (bicyclic) bond motifs is 1. The molecule has 72 valence electrons. The van der Waals surface area contributed by atoms with Gasteiger partial charge in [0.1, 0.15) is 11.4 Å². The Morgan fingerprint density at radius 1 is 1.50 bits per heavy atom. The molecule has 1 aromatic heterocycles. The summed E-state index contributed by atoms with van der Waals surface area (Å²) in [5.74, 6) is -0.0237. The smallest absolute Gasteiger partial charge is 0.348 e. The molecule has 3 N–H and O–H groups in total. The first kappa shape index (κ1) is 8.76. The van der Waals surface area contributed by atoms with Crippen LogP contribution in [-0.4, -0.2) is 10.0 Å². The number of nitrogens with two attached hydrogens (primary N) is 1. The fourth-order valence-electron chi connectivity index (χ4n) is 1.28. The van der Waals surface area contributed by atoms with Crippen molar-refractivity contribution in [1.29, 1.82) is 0 Å². The number of anilines is 1. The van der Waals surface area contributed by atoms with Crippen LogP contribution in [0.1, 0.15) is 0 Å². The zero-order chi connectivity index (χ0) is 10.3. The van der Waals surface area contributed by atoms with Gasteiger partial charge in [0.25, 0.3) is 0 Å². The number of thiophene rings is 1. The maximum atomic E-state index is 10.6. The molecule has 0 bridgehead atoms. The molecule has 14 heavy (non-hydrogen) atoms. The second-order valence-corrected chi connectivity index (χ2v) is 3.76. The van der Waals surface area contributed by atoms with Gasteiger partial charge in [0, 0.05) is 4.70 Å². The largest absolute Gasteiger partial charge is 0.507 e. The number of aromatic hydroxyl groups is 1. The minimum Gasteiger partial charge on any atom is -0.507 e. The van der Waals surface area contributed by atoms with Crippen LogP contribution in [-0.2, 0) is 0 Å². The number of nitrogens with zero attached hydrogens (tertiary/aromatic N) is 1. The Bertz CT molecular complexity index is 521. The molecule has 5 nitrogen and oxygen atoms in total. The Labute approximate surface area is 82.5 Å². The molecular weight excluding hydrogens is 204 g/mol. The predicted octanol–water partition coefficient (Wildman–Crippen LogP) is 2.10. The molecule has 0 aliphatic carbocycles. The lowest BCUT2D eigenvalue weighted by Crippen LogP contribution is -1.90. The maximum absolute atomic E-state index is 10.6. The number of hydrogen-bond donors (Lipinski definition) is 2. The summed E-state index contributed by atoms with van der Waals surface area (Å²) >= 11 is 0.962. The summed E-state index contributed by atoms with van der Waals surface area (Å²) in [6.45, 7) is 0. The number of phenols is 1. The van der Waals surface area contributed by atoms with E-state index >= 15 is 0 Å². The van der Waals surface area contributed by atoms with E-state index in [4.69, 9.17) is 5.73 Å². The van der Waals surface area contributed by atoms with Crippen molar-refractivity contribution in [3.05, 3.63) is 28.3 Å². The first-order valence-electron chi connectivity index (χ1n) is 3.75. The molecule has 0 saturated heterocycles. The quantitative estimate of drug-likeness (QED) is 0.557. The second kappa shape index (κ2) is 2.85. The molecule has 1 heterocycles. The van der Waals surface area contributed by atoms with Gasteiger partial charge in [-0.05, 0) is 12.1 Å². The van der Waals surface area contributed by atoms with E-state index in [9.17, 15) is 15.2 Å². The van der Waals surface area contributed by atoms with Gasteiger partial charge < -0.3 is 10.8 Å². The third-order valence-electron chi connectivity index (χ3n) is 1.88. The van der Waals surface area contributed by atoms with Gasteiger partial charge in [0.05, 0.1) is 10.3 Å². The van der Waals surface area contributed by atoms with Crippen LogP contribution < -0.4 is 5.73 Å². The van der Waals surface area contributed by atoms with E-state index in [2.05, 4.69) is 0 Å². The second-order valence-electron chi connectivity index (χ2n) is 2.73. The first-order chi connectivity index (χ1) is 6.61. The fraction of sp³-hybridized carbons (Fsp3) is 0. The summed E-state index contributed by atoms with van der Waals surface area (Å²) in [7, 11) is 0. The van der Waals surface area contributed by atoms with Crippen molar-refractivity contribution in [2.45, 2.75) is 0 Å². The minimum absolute atomic E-state index is 0.0237. The maximum Gasteiger partial charge on any atom is 0.348 e. The highest BCUT2D eigenvalue weighted by atomic mass is 32.1. The van der Waals surface area contributed by atoms with Gasteiger partial charge >= 0.3 is 5.00 Å². The van der Waals surface area contributed by atoms with E-state index in [-0.39, 0.29) is 16.4 Å². The number of benzene rings is 1. The van der Waals surface area contributed by atoms with Crippen LogP contribution in [0.2, 0.25) is 0 Å². The normalized spacial score (nSPS) is 10.6. The highest BCUT2D eigenvalue weighted by molar-refractivity contribution is 7.23. The highest BCUT2D eigenvalue weighted by Gasteiger charge is 2.20. The van der Waals surface area contributed by atoms with Gasteiger partial charge in [-0.15, -0.1) is 0 Å². The van der Waals surface area contributed by atoms with E-state index < -0.39 is 4.92 Å². The van der Waals surface area contributed by atoms with Crippen LogP contribution in [0.5, 0.6) is 5.75 Å². The monoisotopic (exact) mass is 210 g/mol. The molecule has 0 unspecified atom stereocenters. The number of hydrogen-bond acceptors (Lipinski definition) is 5. The van der Waals surface area contributed by atoms with Gasteiger partial charge in [0.2, 0.25) is 0 Å². The minimum atomic E-state index is -0.542. The zero-order valence-electron chi connectivity index (χ0n) is 6.93. The lowest BCUT2D eigenvalue weighted by Gasteiger charge is -1.93. The molecule has 0 aliphatic heterocycles. The molecule has 1 aromatic carbocycles. The Morgan fingerprint density at radius 3 is 2.79 bits per heavy atom. The van der Waals surface area contributed by atoms with Crippen LogP contribution in [0.4, 0.5) is 10.7 Å². The Kier molecular flexibility index (Phi) is 1.78. The highest BCUT2D eigenvalue weighted by Crippen LogP contribution is 2.43. The predicted molar refractivity (Wildman–Crippen MR) is 54.6 cm³/mol. The lowest BCUT2D eigenvalue weighted by atomic mass is 10.2. The van der Waals surface area contributed by atoms with Crippen molar-refractivity contribution in [3.8, 4) is 5.75 Å². The molecule has 0 saturated carbocycles. The van der Waals surface area contributed by atoms with E-state index in [1.165, 1.54) is 6.07 Å². The average Bonchev–Trinajstić information content (AvgIpc) is 2.45. The van der Waals surface area contributed by atoms with Crippen LogP contribution >= 0.6 is 11.3 Å². The first-order valence-corrected chi connectivity index (χ1v) is 4.57. The number of nitro groups is 1. The Hall–Kier alpha value is -1.82. The van der Waals surface area contributed by atoms with Crippen molar-refractivity contribution in [2.24, 2.45) is 0 Å². The number of rotatable bonds is 1. The van der Waals surface area contributed by atoms with Crippen molar-refractivity contribution in [1.82, 2.24) is 0 Å². The Balaban J connectivity index is 2.87. The summed E-state index contributed by atoms with van der Waals surface area (Å²) in [6.07, 6.45) is 0. The summed E-state index contributed by atoms with van der Waals surface area (Å²) in [5.41, 5.74) is 5.58. The van der Waals surface area contributed by atoms with Crippen LogP contribution in [0.3, 0.4) is 0 Å². The molecule has 0 amide bonds. The van der Waals surface area contributed by atoms with Gasteiger partial charge in [-0.25, -0.2) is 0 Å². The number of nitrogen functional groups attached to an aromatic ring is 1. The third-order valence-corrected chi connectivity index (χ3v) is 3.00. The van der Waals surface area contributed by atoms with Crippen molar-refractivity contribution < 1.29 is 10.0 Å². The van der Waals surface area contributed by atoms with E-state index in [0.717, 1.165) is 11.3 Å². The molecule has 0 aliphatic rings.